The van der Waals surface area contributed by atoms with Gasteiger partial charge in [0, 0.05) is 48.2 Å². The second-order valence-corrected chi connectivity index (χ2v) is 10.6. The Morgan fingerprint density at radius 1 is 1.23 bits per heavy atom. The molecule has 3 aromatic rings. The summed E-state index contributed by atoms with van der Waals surface area (Å²) < 4.78 is 21.0. The third-order valence-electron chi connectivity index (χ3n) is 7.75. The molecule has 40 heavy (non-hydrogen) atoms. The number of benzene rings is 2. The summed E-state index contributed by atoms with van der Waals surface area (Å²) in [5.74, 6) is -0.198. The smallest absolute Gasteiger partial charge is 0.266 e. The minimum Gasteiger partial charge on any atom is -0.481 e. The Morgan fingerprint density at radius 2 is 1.95 bits per heavy atom. The average molecular weight is 561 g/mol. The van der Waals surface area contributed by atoms with Crippen LogP contribution in [0.3, 0.4) is 0 Å². The number of hydrogen-bond donors (Lipinski definition) is 1. The van der Waals surface area contributed by atoms with E-state index < -0.39 is 17.6 Å². The number of amides is 2. The van der Waals surface area contributed by atoms with E-state index in [4.69, 9.17) is 21.3 Å². The first-order chi connectivity index (χ1) is 19.0. The summed E-state index contributed by atoms with van der Waals surface area (Å²) in [6.45, 7) is 7.69. The van der Waals surface area contributed by atoms with Crippen molar-refractivity contribution in [3.8, 4) is 28.3 Å². The van der Waals surface area contributed by atoms with Gasteiger partial charge in [0.05, 0.1) is 17.8 Å². The molecule has 1 aliphatic carbocycles. The largest absolute Gasteiger partial charge is 0.481 e. The zero-order chi connectivity index (χ0) is 28.9. The summed E-state index contributed by atoms with van der Waals surface area (Å²) >= 11 is 6.93. The number of hydrogen-bond acceptors (Lipinski definition) is 5. The Labute approximate surface area is 237 Å². The highest BCUT2D eigenvalue weighted by Crippen LogP contribution is 2.44. The summed E-state index contributed by atoms with van der Waals surface area (Å²) in [6.07, 6.45) is 3.38. The molecule has 7 nitrogen and oxygen atoms in total. The van der Waals surface area contributed by atoms with Gasteiger partial charge >= 0.3 is 0 Å². The number of nitrogens with zero attached hydrogens (tertiary/aromatic N) is 3. The Bertz CT molecular complexity index is 1620. The second-order valence-electron chi connectivity index (χ2n) is 10.2. The highest BCUT2D eigenvalue weighted by atomic mass is 35.5. The number of methoxy groups -OCH3 is 1. The van der Waals surface area contributed by atoms with Crippen molar-refractivity contribution < 1.29 is 18.7 Å². The fraction of sp³-hybridized carbons (Fsp3) is 0.258. The first-order valence-electron chi connectivity index (χ1n) is 12.9. The predicted octanol–water partition coefficient (Wildman–Crippen LogP) is 6.27. The van der Waals surface area contributed by atoms with Crippen LogP contribution in [-0.2, 0) is 16.0 Å². The van der Waals surface area contributed by atoms with Gasteiger partial charge in [-0.2, -0.15) is 0 Å². The highest BCUT2D eigenvalue weighted by molar-refractivity contribution is 6.36. The first kappa shape index (κ1) is 27.4. The van der Waals surface area contributed by atoms with Crippen molar-refractivity contribution in [2.75, 3.05) is 26.5 Å². The Hall–Kier alpha value is -4.17. The van der Waals surface area contributed by atoms with Crippen LogP contribution in [0.15, 0.2) is 60.6 Å². The van der Waals surface area contributed by atoms with Gasteiger partial charge in [-0.15, -0.1) is 0 Å². The molecular formula is C31H30ClFN4O3. The minimum absolute atomic E-state index is 0.0614. The Balaban J connectivity index is 1.54. The van der Waals surface area contributed by atoms with E-state index in [9.17, 15) is 9.59 Å². The third kappa shape index (κ3) is 4.52. The second kappa shape index (κ2) is 10.4. The van der Waals surface area contributed by atoms with Crippen LogP contribution in [0.4, 0.5) is 10.1 Å². The van der Waals surface area contributed by atoms with Crippen molar-refractivity contribution in [2.45, 2.75) is 32.6 Å². The van der Waals surface area contributed by atoms with Crippen LogP contribution in [0.5, 0.6) is 5.88 Å². The lowest BCUT2D eigenvalue weighted by Crippen LogP contribution is -2.41. The van der Waals surface area contributed by atoms with Crippen LogP contribution in [0.2, 0.25) is 5.02 Å². The SMILES string of the molecule is C=C1N(C)C=C(C(=O)Nc2ccc(F)c(-c3cccc(-c4cc5c(c(OC)n4)C(C)CC5)c3Cl)c2C)C(=O)N1C. The molecule has 1 unspecified atom stereocenters. The van der Waals surface area contributed by atoms with E-state index in [2.05, 4.69) is 18.8 Å². The van der Waals surface area contributed by atoms with Gasteiger partial charge < -0.3 is 15.0 Å². The highest BCUT2D eigenvalue weighted by Gasteiger charge is 2.30. The van der Waals surface area contributed by atoms with Gasteiger partial charge in [0.15, 0.2) is 0 Å². The Morgan fingerprint density at radius 3 is 2.67 bits per heavy atom. The van der Waals surface area contributed by atoms with Crippen LogP contribution in [0.1, 0.15) is 36.0 Å². The van der Waals surface area contributed by atoms with Crippen molar-refractivity contribution in [1.82, 2.24) is 14.8 Å². The lowest BCUT2D eigenvalue weighted by molar-refractivity contribution is -0.128. The molecule has 0 saturated heterocycles. The average Bonchev–Trinajstić information content (AvgIpc) is 3.32. The number of rotatable bonds is 5. The van der Waals surface area contributed by atoms with Gasteiger partial charge in [0.2, 0.25) is 5.88 Å². The number of fused-ring (bicyclic) bond motifs is 1. The molecule has 2 aliphatic rings. The number of halogens is 2. The molecule has 1 aromatic heterocycles. The summed E-state index contributed by atoms with van der Waals surface area (Å²) in [5, 5.41) is 3.10. The van der Waals surface area contributed by atoms with Crippen LogP contribution in [-0.4, -0.2) is 47.8 Å². The molecule has 0 saturated carbocycles. The molecular weight excluding hydrogens is 531 g/mol. The summed E-state index contributed by atoms with van der Waals surface area (Å²) in [5.41, 5.74) is 5.07. The standard InChI is InChI=1S/C31H30ClFN4O3/c1-16-10-11-19-14-25(35-30(40-6)26(16)19)20-8-7-9-21(28(20)32)27-17(2)24(13-12-23(27)33)34-29(38)22-15-36(4)18(3)37(5)31(22)39/h7-9,12-16H,3,10-11H2,1-2,4-6H3,(H,34,38). The lowest BCUT2D eigenvalue weighted by atomic mass is 9.95. The number of carbonyl (C=O) groups excluding carboxylic acids is 2. The van der Waals surface area contributed by atoms with Crippen molar-refractivity contribution in [3.05, 3.63) is 88.1 Å². The number of likely N-dealkylation sites (N-methyl/N-ethyl adjacent to an activating group) is 1. The number of carbonyl (C=O) groups is 2. The van der Waals surface area contributed by atoms with Crippen molar-refractivity contribution in [1.29, 1.82) is 0 Å². The fourth-order valence-corrected chi connectivity index (χ4v) is 5.71. The summed E-state index contributed by atoms with van der Waals surface area (Å²) in [6, 6.07) is 10.2. The van der Waals surface area contributed by atoms with Crippen molar-refractivity contribution in [2.24, 2.45) is 0 Å². The first-order valence-corrected chi connectivity index (χ1v) is 13.3. The molecule has 5 rings (SSSR count). The van der Waals surface area contributed by atoms with Crippen LogP contribution in [0.25, 0.3) is 22.4 Å². The quantitative estimate of drug-likeness (QED) is 0.372. The summed E-state index contributed by atoms with van der Waals surface area (Å²) in [7, 11) is 4.85. The number of pyridine rings is 1. The third-order valence-corrected chi connectivity index (χ3v) is 8.15. The number of nitrogens with one attached hydrogen (secondary N) is 1. The van der Waals surface area contributed by atoms with Crippen molar-refractivity contribution >= 4 is 29.1 Å². The predicted molar refractivity (Wildman–Crippen MR) is 154 cm³/mol. The number of aromatic nitrogens is 1. The number of ether oxygens (including phenoxy) is 1. The van der Waals surface area contributed by atoms with E-state index in [0.717, 1.165) is 18.4 Å². The van der Waals surface area contributed by atoms with E-state index in [1.54, 1.807) is 45.2 Å². The molecule has 2 heterocycles. The molecule has 1 N–H and O–H groups in total. The molecule has 1 atom stereocenters. The van der Waals surface area contributed by atoms with E-state index >= 15 is 4.39 Å². The molecule has 0 spiro atoms. The summed E-state index contributed by atoms with van der Waals surface area (Å²) in [4.78, 5) is 33.5. The number of anilines is 1. The van der Waals surface area contributed by atoms with Gasteiger partial charge in [-0.25, -0.2) is 9.37 Å². The Kier molecular flexibility index (Phi) is 7.14. The lowest BCUT2D eigenvalue weighted by Gasteiger charge is -2.31. The van der Waals surface area contributed by atoms with E-state index in [-0.39, 0.29) is 11.1 Å². The molecule has 2 aromatic carbocycles. The van der Waals surface area contributed by atoms with Gasteiger partial charge in [0.25, 0.3) is 11.8 Å². The van der Waals surface area contributed by atoms with Crippen molar-refractivity contribution in [3.63, 3.8) is 0 Å². The number of aryl methyl sites for hydroxylation is 1. The van der Waals surface area contributed by atoms with Gasteiger partial charge in [0.1, 0.15) is 17.2 Å². The zero-order valence-electron chi connectivity index (χ0n) is 23.1. The normalized spacial score (nSPS) is 16.7. The van der Waals surface area contributed by atoms with Crippen LogP contribution in [0, 0.1) is 12.7 Å². The molecule has 9 heteroatoms. The maximum Gasteiger partial charge on any atom is 0.266 e. The van der Waals surface area contributed by atoms with E-state index in [0.29, 0.717) is 50.7 Å². The van der Waals surface area contributed by atoms with Crippen LogP contribution >= 0.6 is 11.6 Å². The molecule has 1 aliphatic heterocycles. The monoisotopic (exact) mass is 560 g/mol. The molecule has 0 fully saturated rings. The minimum atomic E-state index is -0.611. The van der Waals surface area contributed by atoms with Gasteiger partial charge in [-0.1, -0.05) is 43.3 Å². The fourth-order valence-electron chi connectivity index (χ4n) is 5.40. The maximum absolute atomic E-state index is 15.4. The zero-order valence-corrected chi connectivity index (χ0v) is 23.8. The molecule has 0 bridgehead atoms. The molecule has 2 amide bonds. The van der Waals surface area contributed by atoms with Crippen LogP contribution < -0.4 is 10.1 Å². The molecule has 0 radical (unpaired) electrons. The van der Waals surface area contributed by atoms with E-state index in [1.807, 2.05) is 12.1 Å². The molecule has 206 valence electrons. The topological polar surface area (TPSA) is 74.8 Å². The maximum atomic E-state index is 15.4. The van der Waals surface area contributed by atoms with Gasteiger partial charge in [-0.3, -0.25) is 14.5 Å². The van der Waals surface area contributed by atoms with Gasteiger partial charge in [-0.05, 0) is 55.0 Å². The van der Waals surface area contributed by atoms with E-state index in [1.165, 1.54) is 28.8 Å².